The highest BCUT2D eigenvalue weighted by molar-refractivity contribution is 5.85. The summed E-state index contributed by atoms with van der Waals surface area (Å²) in [6, 6.07) is 10.9. The molecular formula is C23H33N3O2. The number of likely N-dealkylation sites (N-methyl/N-ethyl adjacent to an activating group) is 1. The summed E-state index contributed by atoms with van der Waals surface area (Å²) in [6.07, 6.45) is 4.87. The molecule has 3 aliphatic heterocycles. The third-order valence-corrected chi connectivity index (χ3v) is 7.11. The molecule has 0 radical (unpaired) electrons. The van der Waals surface area contributed by atoms with Crippen molar-refractivity contribution in [2.75, 3.05) is 45.8 Å². The van der Waals surface area contributed by atoms with Crippen LogP contribution in [-0.2, 0) is 9.59 Å². The van der Waals surface area contributed by atoms with Gasteiger partial charge in [-0.25, -0.2) is 0 Å². The van der Waals surface area contributed by atoms with Crippen molar-refractivity contribution in [1.82, 2.24) is 14.7 Å². The molecular weight excluding hydrogens is 350 g/mol. The molecule has 0 unspecified atom stereocenters. The van der Waals surface area contributed by atoms with Crippen LogP contribution in [0, 0.1) is 5.41 Å². The fourth-order valence-electron chi connectivity index (χ4n) is 5.42. The molecule has 5 nitrogen and oxygen atoms in total. The van der Waals surface area contributed by atoms with E-state index < -0.39 is 0 Å². The summed E-state index contributed by atoms with van der Waals surface area (Å²) >= 11 is 0. The summed E-state index contributed by atoms with van der Waals surface area (Å²) in [5.74, 6) is 0.852. The number of amides is 2. The number of hydrogen-bond acceptors (Lipinski definition) is 3. The molecule has 4 rings (SSSR count). The van der Waals surface area contributed by atoms with Gasteiger partial charge < -0.3 is 14.7 Å². The molecule has 3 aliphatic rings. The fourth-order valence-corrected chi connectivity index (χ4v) is 5.42. The molecule has 1 aromatic carbocycles. The Labute approximate surface area is 168 Å². The Bertz CT molecular complexity index is 697. The summed E-state index contributed by atoms with van der Waals surface area (Å²) in [5, 5.41) is 0. The lowest BCUT2D eigenvalue weighted by atomic mass is 9.68. The van der Waals surface area contributed by atoms with E-state index in [1.807, 2.05) is 4.90 Å². The van der Waals surface area contributed by atoms with Gasteiger partial charge in [-0.3, -0.25) is 9.59 Å². The van der Waals surface area contributed by atoms with E-state index in [9.17, 15) is 9.59 Å². The highest BCUT2D eigenvalue weighted by Gasteiger charge is 2.42. The van der Waals surface area contributed by atoms with Crippen LogP contribution in [-0.4, -0.2) is 72.3 Å². The van der Waals surface area contributed by atoms with Crippen LogP contribution in [0.15, 0.2) is 30.3 Å². The maximum Gasteiger partial charge on any atom is 0.242 e. The molecule has 0 bridgehead atoms. The molecule has 0 saturated carbocycles. The van der Waals surface area contributed by atoms with Crippen LogP contribution in [0.4, 0.5) is 0 Å². The van der Waals surface area contributed by atoms with E-state index in [0.29, 0.717) is 17.8 Å². The second-order valence-electron chi connectivity index (χ2n) is 8.94. The first kappa shape index (κ1) is 19.4. The van der Waals surface area contributed by atoms with E-state index in [0.717, 1.165) is 58.5 Å². The molecule has 3 fully saturated rings. The highest BCUT2D eigenvalue weighted by atomic mass is 16.2. The van der Waals surface area contributed by atoms with Crippen LogP contribution in [0.25, 0.3) is 0 Å². The third kappa shape index (κ3) is 4.09. The van der Waals surface area contributed by atoms with Gasteiger partial charge in [0.05, 0.1) is 6.54 Å². The van der Waals surface area contributed by atoms with Gasteiger partial charge >= 0.3 is 0 Å². The average molecular weight is 384 g/mol. The van der Waals surface area contributed by atoms with Gasteiger partial charge in [0.25, 0.3) is 0 Å². The quantitative estimate of drug-likeness (QED) is 0.803. The Hall–Kier alpha value is -1.88. The number of hydrogen-bond donors (Lipinski definition) is 0. The lowest BCUT2D eigenvalue weighted by Crippen LogP contribution is -2.53. The van der Waals surface area contributed by atoms with E-state index in [1.165, 1.54) is 12.0 Å². The van der Waals surface area contributed by atoms with Crippen molar-refractivity contribution in [2.24, 2.45) is 5.41 Å². The summed E-state index contributed by atoms with van der Waals surface area (Å²) in [6.45, 7) is 8.32. The zero-order valence-electron chi connectivity index (χ0n) is 17.1. The first-order valence-electron chi connectivity index (χ1n) is 10.9. The maximum atomic E-state index is 12.7. The molecule has 0 aromatic heterocycles. The molecule has 1 aromatic rings. The number of piperidine rings is 2. The van der Waals surface area contributed by atoms with Crippen molar-refractivity contribution in [2.45, 2.75) is 44.9 Å². The van der Waals surface area contributed by atoms with E-state index in [2.05, 4.69) is 42.2 Å². The van der Waals surface area contributed by atoms with Crippen LogP contribution >= 0.6 is 0 Å². The Balaban J connectivity index is 1.39. The van der Waals surface area contributed by atoms with E-state index in [4.69, 9.17) is 0 Å². The first-order valence-corrected chi connectivity index (χ1v) is 10.9. The van der Waals surface area contributed by atoms with Gasteiger partial charge in [0.15, 0.2) is 0 Å². The minimum Gasteiger partial charge on any atom is -0.341 e. The molecule has 0 N–H and O–H groups in total. The second kappa shape index (κ2) is 8.24. The molecule has 152 valence electrons. The van der Waals surface area contributed by atoms with Gasteiger partial charge in [0.2, 0.25) is 11.8 Å². The minimum atomic E-state index is 0.132. The number of carbonyl (C=O) groups excluding carboxylic acids is 2. The molecule has 1 atom stereocenters. The number of benzene rings is 1. The Kier molecular flexibility index (Phi) is 5.72. The topological polar surface area (TPSA) is 43.9 Å². The van der Waals surface area contributed by atoms with Gasteiger partial charge in [-0.2, -0.15) is 0 Å². The van der Waals surface area contributed by atoms with E-state index >= 15 is 0 Å². The minimum absolute atomic E-state index is 0.132. The summed E-state index contributed by atoms with van der Waals surface area (Å²) in [4.78, 5) is 30.9. The van der Waals surface area contributed by atoms with Gasteiger partial charge in [-0.15, -0.1) is 0 Å². The van der Waals surface area contributed by atoms with Crippen molar-refractivity contribution in [3.8, 4) is 0 Å². The van der Waals surface area contributed by atoms with Crippen molar-refractivity contribution in [3.05, 3.63) is 35.9 Å². The molecule has 3 heterocycles. The molecule has 3 saturated heterocycles. The molecule has 0 aliphatic carbocycles. The van der Waals surface area contributed by atoms with Gasteiger partial charge in [0.1, 0.15) is 0 Å². The van der Waals surface area contributed by atoms with Crippen molar-refractivity contribution >= 4 is 11.8 Å². The predicted octanol–water partition coefficient (Wildman–Crippen LogP) is 2.73. The Morgan fingerprint density at radius 1 is 1.14 bits per heavy atom. The van der Waals surface area contributed by atoms with Gasteiger partial charge in [0, 0.05) is 39.1 Å². The van der Waals surface area contributed by atoms with Crippen molar-refractivity contribution < 1.29 is 9.59 Å². The van der Waals surface area contributed by atoms with Crippen LogP contribution < -0.4 is 0 Å². The number of nitrogens with zero attached hydrogens (tertiary/aromatic N) is 3. The Morgan fingerprint density at radius 3 is 2.54 bits per heavy atom. The van der Waals surface area contributed by atoms with Crippen LogP contribution in [0.5, 0.6) is 0 Å². The predicted molar refractivity (Wildman–Crippen MR) is 110 cm³/mol. The van der Waals surface area contributed by atoms with E-state index in [1.54, 1.807) is 4.90 Å². The highest BCUT2D eigenvalue weighted by Crippen LogP contribution is 2.45. The SMILES string of the molecule is CCN1C[C@H](c2ccccc2)CC2(CCN(C(=O)CN3CCCC3=O)CC2)C1. The second-order valence-corrected chi connectivity index (χ2v) is 8.94. The molecule has 5 heteroatoms. The fraction of sp³-hybridized carbons (Fsp3) is 0.652. The lowest BCUT2D eigenvalue weighted by Gasteiger charge is -2.50. The molecule has 1 spiro atoms. The number of rotatable bonds is 4. The van der Waals surface area contributed by atoms with Crippen LogP contribution in [0.2, 0.25) is 0 Å². The monoisotopic (exact) mass is 383 g/mol. The standard InChI is InChI=1S/C23H33N3O2/c1-2-24-16-20(19-7-4-3-5-8-19)15-23(18-24)10-13-25(14-11-23)22(28)17-26-12-6-9-21(26)27/h3-5,7-8,20H,2,6,9-18H2,1H3/t20-/m1/s1. The normalized spacial score (nSPS) is 25.5. The smallest absolute Gasteiger partial charge is 0.242 e. The maximum absolute atomic E-state index is 12.7. The Morgan fingerprint density at radius 2 is 1.89 bits per heavy atom. The zero-order valence-corrected chi connectivity index (χ0v) is 17.1. The van der Waals surface area contributed by atoms with Crippen molar-refractivity contribution in [3.63, 3.8) is 0 Å². The first-order chi connectivity index (χ1) is 13.6. The average Bonchev–Trinajstić information content (AvgIpc) is 3.13. The molecule has 28 heavy (non-hydrogen) atoms. The number of likely N-dealkylation sites (tertiary alicyclic amines) is 3. The van der Waals surface area contributed by atoms with Crippen molar-refractivity contribution in [1.29, 1.82) is 0 Å². The largest absolute Gasteiger partial charge is 0.341 e. The number of carbonyl (C=O) groups is 2. The summed E-state index contributed by atoms with van der Waals surface area (Å²) in [7, 11) is 0. The third-order valence-electron chi connectivity index (χ3n) is 7.11. The summed E-state index contributed by atoms with van der Waals surface area (Å²) < 4.78 is 0. The van der Waals surface area contributed by atoms with E-state index in [-0.39, 0.29) is 18.4 Å². The van der Waals surface area contributed by atoms with Gasteiger partial charge in [-0.05, 0) is 49.1 Å². The van der Waals surface area contributed by atoms with Crippen LogP contribution in [0.3, 0.4) is 0 Å². The molecule has 2 amide bonds. The zero-order chi connectivity index (χ0) is 19.6. The van der Waals surface area contributed by atoms with Crippen LogP contribution in [0.1, 0.15) is 50.5 Å². The lowest BCUT2D eigenvalue weighted by molar-refractivity contribution is -0.140. The van der Waals surface area contributed by atoms with Gasteiger partial charge in [-0.1, -0.05) is 37.3 Å². The summed E-state index contributed by atoms with van der Waals surface area (Å²) in [5.41, 5.74) is 1.76.